The maximum atomic E-state index is 12.8. The van der Waals surface area contributed by atoms with Crippen molar-refractivity contribution in [3.63, 3.8) is 0 Å². The summed E-state index contributed by atoms with van der Waals surface area (Å²) in [5.74, 6) is 1.36. The van der Waals surface area contributed by atoms with Gasteiger partial charge in [-0.05, 0) is 57.7 Å². The number of carbonyl (C=O) groups is 2. The molecule has 1 aliphatic rings. The van der Waals surface area contributed by atoms with Crippen molar-refractivity contribution in [3.05, 3.63) is 23.8 Å². The lowest BCUT2D eigenvalue weighted by atomic mass is 9.95. The van der Waals surface area contributed by atoms with E-state index in [0.717, 1.165) is 12.0 Å². The molecule has 1 unspecified atom stereocenters. The number of likely N-dealkylation sites (tertiary alicyclic amines) is 1. The third kappa shape index (κ3) is 6.03. The van der Waals surface area contributed by atoms with Crippen LogP contribution >= 0.6 is 0 Å². The minimum Gasteiger partial charge on any atom is -0.493 e. The van der Waals surface area contributed by atoms with E-state index in [9.17, 15) is 9.59 Å². The van der Waals surface area contributed by atoms with Crippen molar-refractivity contribution in [3.8, 4) is 11.5 Å². The first kappa shape index (κ1) is 23.8. The summed E-state index contributed by atoms with van der Waals surface area (Å²) in [6, 6.07) is 5.71. The predicted octanol–water partition coefficient (Wildman–Crippen LogP) is 3.84. The second-order valence-electron chi connectivity index (χ2n) is 7.71. The fraction of sp³-hybridized carbons (Fsp3) is 0.652. The molecule has 1 aliphatic heterocycles. The average Bonchev–Trinajstić information content (AvgIpc) is 2.78. The normalized spacial score (nSPS) is 15.4. The van der Waals surface area contributed by atoms with Gasteiger partial charge in [0.2, 0.25) is 5.91 Å². The van der Waals surface area contributed by atoms with Crippen molar-refractivity contribution in [2.75, 3.05) is 39.9 Å². The Balaban J connectivity index is 1.91. The van der Waals surface area contributed by atoms with E-state index in [1.807, 2.05) is 48.8 Å². The SMILES string of the molecule is CCCOc1ccc(C(C)NC(=O)C2CCN(C(=O)N(CC)CC)CC2)cc1OC. The number of amides is 3. The molecule has 1 aromatic carbocycles. The number of hydrogen-bond donors (Lipinski definition) is 1. The molecule has 0 aromatic heterocycles. The van der Waals surface area contributed by atoms with Gasteiger partial charge >= 0.3 is 6.03 Å². The highest BCUT2D eigenvalue weighted by molar-refractivity contribution is 5.80. The molecule has 2 rings (SSSR count). The van der Waals surface area contributed by atoms with Gasteiger partial charge in [-0.15, -0.1) is 0 Å². The standard InChI is InChI=1S/C23H37N3O4/c1-6-15-30-20-10-9-19(16-21(20)29-5)17(4)24-22(27)18-11-13-26(14-12-18)23(28)25(7-2)8-3/h9-10,16-18H,6-8,11-15H2,1-5H3,(H,24,27). The number of piperidine rings is 1. The maximum absolute atomic E-state index is 12.8. The molecule has 1 N–H and O–H groups in total. The maximum Gasteiger partial charge on any atom is 0.319 e. The number of ether oxygens (including phenoxy) is 2. The smallest absolute Gasteiger partial charge is 0.319 e. The Kier molecular flexibility index (Phi) is 9.27. The van der Waals surface area contributed by atoms with Crippen LogP contribution in [0.15, 0.2) is 18.2 Å². The summed E-state index contributed by atoms with van der Waals surface area (Å²) >= 11 is 0. The van der Waals surface area contributed by atoms with Crippen LogP contribution in [0.3, 0.4) is 0 Å². The Hall–Kier alpha value is -2.44. The zero-order valence-electron chi connectivity index (χ0n) is 19.1. The fourth-order valence-electron chi connectivity index (χ4n) is 3.73. The Morgan fingerprint density at radius 2 is 1.83 bits per heavy atom. The molecule has 0 radical (unpaired) electrons. The molecule has 1 heterocycles. The van der Waals surface area contributed by atoms with Crippen molar-refractivity contribution in [1.29, 1.82) is 0 Å². The molecule has 168 valence electrons. The van der Waals surface area contributed by atoms with Gasteiger partial charge in [-0.25, -0.2) is 4.79 Å². The predicted molar refractivity (Wildman–Crippen MR) is 118 cm³/mol. The molecule has 0 saturated carbocycles. The Morgan fingerprint density at radius 3 is 2.40 bits per heavy atom. The van der Waals surface area contributed by atoms with Crippen LogP contribution in [0.5, 0.6) is 11.5 Å². The number of carbonyl (C=O) groups excluding carboxylic acids is 2. The molecule has 0 spiro atoms. The number of nitrogens with one attached hydrogen (secondary N) is 1. The summed E-state index contributed by atoms with van der Waals surface area (Å²) in [6.07, 6.45) is 2.31. The Bertz CT molecular complexity index is 698. The van der Waals surface area contributed by atoms with Crippen molar-refractivity contribution >= 4 is 11.9 Å². The Labute approximate surface area is 180 Å². The highest BCUT2D eigenvalue weighted by Crippen LogP contribution is 2.31. The van der Waals surface area contributed by atoms with Crippen LogP contribution in [0.25, 0.3) is 0 Å². The van der Waals surface area contributed by atoms with E-state index in [2.05, 4.69) is 12.2 Å². The molecule has 3 amide bonds. The monoisotopic (exact) mass is 419 g/mol. The summed E-state index contributed by atoms with van der Waals surface area (Å²) < 4.78 is 11.1. The van der Waals surface area contributed by atoms with E-state index in [4.69, 9.17) is 9.47 Å². The van der Waals surface area contributed by atoms with E-state index in [-0.39, 0.29) is 23.9 Å². The topological polar surface area (TPSA) is 71.1 Å². The van der Waals surface area contributed by atoms with Crippen molar-refractivity contribution in [1.82, 2.24) is 15.1 Å². The number of benzene rings is 1. The Morgan fingerprint density at radius 1 is 1.17 bits per heavy atom. The van der Waals surface area contributed by atoms with Crippen molar-refractivity contribution in [2.45, 2.75) is 53.0 Å². The average molecular weight is 420 g/mol. The van der Waals surface area contributed by atoms with Gasteiger partial charge in [0.05, 0.1) is 19.8 Å². The lowest BCUT2D eigenvalue weighted by Gasteiger charge is -2.35. The van der Waals surface area contributed by atoms with Crippen LogP contribution in [-0.2, 0) is 4.79 Å². The van der Waals surface area contributed by atoms with Crippen LogP contribution in [0.1, 0.15) is 58.6 Å². The van der Waals surface area contributed by atoms with E-state index in [1.165, 1.54) is 0 Å². The first-order valence-electron chi connectivity index (χ1n) is 11.1. The first-order chi connectivity index (χ1) is 14.4. The van der Waals surface area contributed by atoms with E-state index in [0.29, 0.717) is 57.1 Å². The third-order valence-electron chi connectivity index (χ3n) is 5.68. The lowest BCUT2D eigenvalue weighted by molar-refractivity contribution is -0.127. The summed E-state index contributed by atoms with van der Waals surface area (Å²) in [5.41, 5.74) is 0.971. The highest BCUT2D eigenvalue weighted by atomic mass is 16.5. The summed E-state index contributed by atoms with van der Waals surface area (Å²) in [7, 11) is 1.62. The molecule has 1 atom stereocenters. The third-order valence-corrected chi connectivity index (χ3v) is 5.68. The van der Waals surface area contributed by atoms with Crippen LogP contribution in [0.4, 0.5) is 4.79 Å². The van der Waals surface area contributed by atoms with Crippen LogP contribution in [0, 0.1) is 5.92 Å². The van der Waals surface area contributed by atoms with Gasteiger partial charge in [-0.1, -0.05) is 13.0 Å². The minimum atomic E-state index is -0.137. The van der Waals surface area contributed by atoms with Gasteiger partial charge in [0.25, 0.3) is 0 Å². The zero-order chi connectivity index (χ0) is 22.1. The van der Waals surface area contributed by atoms with Gasteiger partial charge in [0.15, 0.2) is 11.5 Å². The minimum absolute atomic E-state index is 0.0442. The molecular formula is C23H37N3O4. The molecular weight excluding hydrogens is 382 g/mol. The second-order valence-corrected chi connectivity index (χ2v) is 7.71. The van der Waals surface area contributed by atoms with E-state index < -0.39 is 0 Å². The molecule has 1 fully saturated rings. The highest BCUT2D eigenvalue weighted by Gasteiger charge is 2.29. The summed E-state index contributed by atoms with van der Waals surface area (Å²) in [4.78, 5) is 29.0. The van der Waals surface area contributed by atoms with Crippen molar-refractivity contribution in [2.24, 2.45) is 5.92 Å². The first-order valence-corrected chi connectivity index (χ1v) is 11.1. The van der Waals surface area contributed by atoms with E-state index in [1.54, 1.807) is 7.11 Å². The second kappa shape index (κ2) is 11.7. The molecule has 0 aliphatic carbocycles. The summed E-state index contributed by atoms with van der Waals surface area (Å²) in [6.45, 7) is 11.3. The van der Waals surface area contributed by atoms with Crippen LogP contribution < -0.4 is 14.8 Å². The summed E-state index contributed by atoms with van der Waals surface area (Å²) in [5, 5.41) is 3.12. The number of nitrogens with zero attached hydrogens (tertiary/aromatic N) is 2. The molecule has 1 saturated heterocycles. The largest absolute Gasteiger partial charge is 0.493 e. The van der Waals surface area contributed by atoms with Gasteiger partial charge in [-0.3, -0.25) is 4.79 Å². The number of rotatable bonds is 9. The molecule has 0 bridgehead atoms. The van der Waals surface area contributed by atoms with Gasteiger partial charge in [0.1, 0.15) is 0 Å². The quantitative estimate of drug-likeness (QED) is 0.660. The van der Waals surface area contributed by atoms with Crippen molar-refractivity contribution < 1.29 is 19.1 Å². The number of hydrogen-bond acceptors (Lipinski definition) is 4. The molecule has 30 heavy (non-hydrogen) atoms. The number of urea groups is 1. The zero-order valence-corrected chi connectivity index (χ0v) is 19.1. The van der Waals surface area contributed by atoms with Gasteiger partial charge in [0, 0.05) is 32.1 Å². The number of methoxy groups -OCH3 is 1. The van der Waals surface area contributed by atoms with Crippen LogP contribution in [0.2, 0.25) is 0 Å². The molecule has 7 heteroatoms. The lowest BCUT2D eigenvalue weighted by Crippen LogP contribution is -2.48. The fourth-order valence-corrected chi connectivity index (χ4v) is 3.73. The van der Waals surface area contributed by atoms with Gasteiger partial charge < -0.3 is 24.6 Å². The van der Waals surface area contributed by atoms with Crippen LogP contribution in [-0.4, -0.2) is 61.6 Å². The van der Waals surface area contributed by atoms with Gasteiger partial charge in [-0.2, -0.15) is 0 Å². The van der Waals surface area contributed by atoms with E-state index >= 15 is 0 Å². The molecule has 7 nitrogen and oxygen atoms in total. The molecule has 1 aromatic rings.